The molecule has 218 valence electrons. The van der Waals surface area contributed by atoms with Gasteiger partial charge in [-0.3, -0.25) is 14.4 Å². The van der Waals surface area contributed by atoms with Gasteiger partial charge in [0.2, 0.25) is 17.7 Å². The molecule has 8 atom stereocenters. The van der Waals surface area contributed by atoms with Crippen LogP contribution in [-0.4, -0.2) is 78.0 Å². The van der Waals surface area contributed by atoms with Crippen LogP contribution in [0.1, 0.15) is 52.9 Å². The molecule has 3 fully saturated rings. The van der Waals surface area contributed by atoms with E-state index in [4.69, 9.17) is 16.3 Å². The van der Waals surface area contributed by atoms with E-state index in [9.17, 15) is 14.4 Å². The molecule has 9 heteroatoms. The number of hydrogen-bond acceptors (Lipinski definition) is 5. The van der Waals surface area contributed by atoms with Crippen molar-refractivity contribution in [1.82, 2.24) is 15.1 Å². The number of likely N-dealkylation sites (N-methyl/N-ethyl adjacent to an activating group) is 1. The van der Waals surface area contributed by atoms with Crippen LogP contribution >= 0.6 is 11.6 Å². The summed E-state index contributed by atoms with van der Waals surface area (Å²) in [5.74, 6) is -1.29. The number of carbonyl (C=O) groups is 3. The molecule has 2 saturated heterocycles. The second-order valence-electron chi connectivity index (χ2n) is 12.3. The largest absolute Gasteiger partial charge is 0.359 e. The lowest BCUT2D eigenvalue weighted by Gasteiger charge is -2.38. The molecule has 1 saturated carbocycles. The SMILES string of the molecule is CCCCN(C)CCN1C(=O)[C@@H]2[C@H](C(=O)Nc3cccc(Cl)c3)[C@@H]3C=C[C@@]2(O3)[C@@H]1C(=O)N[C@@H]1CCC[C@H](C)[C@@H]1C. The lowest BCUT2D eigenvalue weighted by molar-refractivity contribution is -0.141. The summed E-state index contributed by atoms with van der Waals surface area (Å²) < 4.78 is 6.49. The zero-order valence-corrected chi connectivity index (χ0v) is 24.8. The number of anilines is 1. The molecular formula is C31H43ClN4O4. The molecule has 0 aromatic heterocycles. The van der Waals surface area contributed by atoms with Gasteiger partial charge < -0.3 is 25.2 Å². The number of amides is 3. The van der Waals surface area contributed by atoms with E-state index in [1.165, 1.54) is 0 Å². The number of ether oxygens (including phenoxy) is 1. The predicted octanol–water partition coefficient (Wildman–Crippen LogP) is 4.10. The van der Waals surface area contributed by atoms with Gasteiger partial charge in [-0.1, -0.05) is 69.9 Å². The Morgan fingerprint density at radius 1 is 1.20 bits per heavy atom. The number of halogens is 1. The second kappa shape index (κ2) is 11.8. The average Bonchev–Trinajstić information content (AvgIpc) is 3.56. The van der Waals surface area contributed by atoms with E-state index in [0.717, 1.165) is 38.6 Å². The van der Waals surface area contributed by atoms with Gasteiger partial charge in [0.1, 0.15) is 11.6 Å². The van der Waals surface area contributed by atoms with Crippen LogP contribution in [0.2, 0.25) is 5.02 Å². The molecule has 2 N–H and O–H groups in total. The molecule has 3 amide bonds. The number of likely N-dealkylation sites (tertiary alicyclic amines) is 1. The first-order valence-electron chi connectivity index (χ1n) is 14.9. The maximum Gasteiger partial charge on any atom is 0.246 e. The van der Waals surface area contributed by atoms with Crippen LogP contribution in [0.15, 0.2) is 36.4 Å². The van der Waals surface area contributed by atoms with E-state index in [2.05, 4.69) is 36.3 Å². The molecule has 1 aromatic carbocycles. The molecule has 3 aliphatic heterocycles. The summed E-state index contributed by atoms with van der Waals surface area (Å²) in [6, 6.07) is 6.18. The number of hydrogen-bond donors (Lipinski definition) is 2. The third-order valence-electron chi connectivity index (χ3n) is 9.67. The number of benzene rings is 1. The summed E-state index contributed by atoms with van der Waals surface area (Å²) in [6.45, 7) is 8.55. The Labute approximate surface area is 242 Å². The molecule has 2 bridgehead atoms. The van der Waals surface area contributed by atoms with Crippen molar-refractivity contribution >= 4 is 35.0 Å². The highest BCUT2D eigenvalue weighted by Crippen LogP contribution is 2.55. The van der Waals surface area contributed by atoms with Crippen LogP contribution in [0, 0.1) is 23.7 Å². The Balaban J connectivity index is 1.41. The molecule has 5 rings (SSSR count). The summed E-state index contributed by atoms with van der Waals surface area (Å²) >= 11 is 6.13. The van der Waals surface area contributed by atoms with Crippen molar-refractivity contribution in [2.24, 2.45) is 23.7 Å². The van der Waals surface area contributed by atoms with E-state index in [0.29, 0.717) is 35.6 Å². The maximum absolute atomic E-state index is 14.2. The van der Waals surface area contributed by atoms with Gasteiger partial charge in [0.05, 0.1) is 17.9 Å². The lowest BCUT2D eigenvalue weighted by Crippen LogP contribution is -2.58. The Hall–Kier alpha value is -2.42. The van der Waals surface area contributed by atoms with Crippen molar-refractivity contribution in [3.63, 3.8) is 0 Å². The maximum atomic E-state index is 14.2. The van der Waals surface area contributed by atoms with Crippen LogP contribution in [0.3, 0.4) is 0 Å². The molecule has 0 unspecified atom stereocenters. The molecule has 40 heavy (non-hydrogen) atoms. The number of nitrogens with one attached hydrogen (secondary N) is 2. The van der Waals surface area contributed by atoms with Gasteiger partial charge in [0, 0.05) is 29.8 Å². The molecule has 8 nitrogen and oxygen atoms in total. The first-order chi connectivity index (χ1) is 19.2. The Morgan fingerprint density at radius 2 is 2.00 bits per heavy atom. The Bertz CT molecular complexity index is 1160. The smallest absolute Gasteiger partial charge is 0.246 e. The van der Waals surface area contributed by atoms with Gasteiger partial charge in [-0.05, 0) is 56.5 Å². The molecular weight excluding hydrogens is 528 g/mol. The average molecular weight is 571 g/mol. The van der Waals surface area contributed by atoms with Gasteiger partial charge in [-0.2, -0.15) is 0 Å². The van der Waals surface area contributed by atoms with Crippen molar-refractivity contribution in [2.45, 2.75) is 76.7 Å². The van der Waals surface area contributed by atoms with E-state index >= 15 is 0 Å². The fourth-order valence-corrected chi connectivity index (χ4v) is 7.36. The second-order valence-corrected chi connectivity index (χ2v) is 12.7. The minimum Gasteiger partial charge on any atom is -0.359 e. The highest BCUT2D eigenvalue weighted by Gasteiger charge is 2.72. The van der Waals surface area contributed by atoms with Crippen LogP contribution in [0.5, 0.6) is 0 Å². The van der Waals surface area contributed by atoms with Crippen molar-refractivity contribution < 1.29 is 19.1 Å². The summed E-state index contributed by atoms with van der Waals surface area (Å²) in [5.41, 5.74) is -0.596. The van der Waals surface area contributed by atoms with Crippen molar-refractivity contribution in [1.29, 1.82) is 0 Å². The molecule has 4 aliphatic rings. The first kappa shape index (κ1) is 29.1. The van der Waals surface area contributed by atoms with Gasteiger partial charge in [0.15, 0.2) is 0 Å². The third-order valence-corrected chi connectivity index (χ3v) is 9.90. The topological polar surface area (TPSA) is 91.0 Å². The minimum absolute atomic E-state index is 0.0559. The fraction of sp³-hybridized carbons (Fsp3) is 0.645. The van der Waals surface area contributed by atoms with Crippen molar-refractivity contribution in [3.8, 4) is 0 Å². The summed E-state index contributed by atoms with van der Waals surface area (Å²) in [6.07, 6.45) is 8.49. The zero-order valence-electron chi connectivity index (χ0n) is 24.1. The fourth-order valence-electron chi connectivity index (χ4n) is 7.17. The van der Waals surface area contributed by atoms with Gasteiger partial charge in [0.25, 0.3) is 0 Å². The molecule has 1 spiro atoms. The normalized spacial score (nSPS) is 34.4. The predicted molar refractivity (Wildman–Crippen MR) is 156 cm³/mol. The molecule has 0 radical (unpaired) electrons. The summed E-state index contributed by atoms with van der Waals surface area (Å²) in [4.78, 5) is 45.8. The van der Waals surface area contributed by atoms with Crippen LogP contribution in [0.25, 0.3) is 0 Å². The zero-order chi connectivity index (χ0) is 28.6. The van der Waals surface area contributed by atoms with E-state index in [1.54, 1.807) is 29.2 Å². The summed E-state index contributed by atoms with van der Waals surface area (Å²) in [7, 11) is 2.04. The Morgan fingerprint density at radius 3 is 2.75 bits per heavy atom. The molecule has 1 aromatic rings. The van der Waals surface area contributed by atoms with E-state index in [1.807, 2.05) is 19.2 Å². The van der Waals surface area contributed by atoms with Crippen LogP contribution in [0.4, 0.5) is 5.69 Å². The Kier molecular flexibility index (Phi) is 8.60. The van der Waals surface area contributed by atoms with Gasteiger partial charge in [-0.25, -0.2) is 0 Å². The third kappa shape index (κ3) is 5.30. The number of nitrogens with zero attached hydrogens (tertiary/aromatic N) is 2. The van der Waals surface area contributed by atoms with Crippen molar-refractivity contribution in [2.75, 3.05) is 32.0 Å². The highest BCUT2D eigenvalue weighted by atomic mass is 35.5. The highest BCUT2D eigenvalue weighted by molar-refractivity contribution is 6.30. The van der Waals surface area contributed by atoms with E-state index in [-0.39, 0.29) is 23.8 Å². The molecule has 3 heterocycles. The monoisotopic (exact) mass is 570 g/mol. The minimum atomic E-state index is -1.16. The van der Waals surface area contributed by atoms with E-state index < -0.39 is 29.6 Å². The van der Waals surface area contributed by atoms with Gasteiger partial charge in [-0.15, -0.1) is 0 Å². The lowest BCUT2D eigenvalue weighted by atomic mass is 9.73. The number of unbranched alkanes of at least 4 members (excludes halogenated alkanes) is 1. The summed E-state index contributed by atoms with van der Waals surface area (Å²) in [5, 5.41) is 6.76. The van der Waals surface area contributed by atoms with Crippen molar-refractivity contribution in [3.05, 3.63) is 41.4 Å². The van der Waals surface area contributed by atoms with Crippen LogP contribution in [-0.2, 0) is 19.1 Å². The van der Waals surface area contributed by atoms with Gasteiger partial charge >= 0.3 is 0 Å². The van der Waals surface area contributed by atoms with Crippen LogP contribution < -0.4 is 10.6 Å². The number of carbonyl (C=O) groups excluding carboxylic acids is 3. The first-order valence-corrected chi connectivity index (χ1v) is 15.3. The molecule has 1 aliphatic carbocycles. The number of rotatable bonds is 10. The standard InChI is InChI=1S/C31H43ClN4O4/c1-5-6-15-35(4)16-17-36-27(29(38)34-23-12-7-9-19(2)20(23)3)31-14-13-24(40-31)25(26(31)30(36)39)28(37)33-22-11-8-10-21(32)18-22/h8,10-11,13-14,18-20,23-27H,5-7,9,12,15-17H2,1-4H3,(H,33,37)(H,34,38)/t19-,20-,23+,24-,25+,26-,27-,31-/m0/s1. The number of fused-ring (bicyclic) bond motifs is 1. The quantitative estimate of drug-likeness (QED) is 0.413.